The van der Waals surface area contributed by atoms with Crippen LogP contribution in [0.3, 0.4) is 0 Å². The molecule has 2 aliphatic rings. The van der Waals surface area contributed by atoms with Crippen LogP contribution < -0.4 is 4.72 Å². The van der Waals surface area contributed by atoms with Gasteiger partial charge in [-0.1, -0.05) is 71.8 Å². The first-order valence-electron chi connectivity index (χ1n) is 15.3. The van der Waals surface area contributed by atoms with E-state index in [0.29, 0.717) is 41.6 Å². The largest absolute Gasteiger partial charge is 0.335 e. The lowest BCUT2D eigenvalue weighted by molar-refractivity contribution is -0.149. The molecule has 44 heavy (non-hydrogen) atoms. The number of sulfonamides is 1. The quantitative estimate of drug-likeness (QED) is 0.215. The molecule has 1 N–H and O–H groups in total. The van der Waals surface area contributed by atoms with Crippen LogP contribution >= 0.6 is 15.9 Å². The van der Waals surface area contributed by atoms with Crippen LogP contribution in [-0.2, 0) is 20.7 Å². The van der Waals surface area contributed by atoms with Gasteiger partial charge in [0.1, 0.15) is 0 Å². The van der Waals surface area contributed by atoms with Crippen molar-refractivity contribution in [2.45, 2.75) is 103 Å². The van der Waals surface area contributed by atoms with E-state index in [4.69, 9.17) is 0 Å². The normalized spacial score (nSPS) is 21.8. The van der Waals surface area contributed by atoms with E-state index in [1.165, 1.54) is 42.2 Å². The zero-order valence-electron chi connectivity index (χ0n) is 27.0. The van der Waals surface area contributed by atoms with Gasteiger partial charge in [-0.2, -0.15) is 13.5 Å². The molecule has 244 valence electrons. The summed E-state index contributed by atoms with van der Waals surface area (Å²) in [5, 5.41) is 0. The summed E-state index contributed by atoms with van der Waals surface area (Å²) in [5.41, 5.74) is 1.95. The second-order valence-electron chi connectivity index (χ2n) is 13.0. The highest BCUT2D eigenvalue weighted by Crippen LogP contribution is 2.41. The zero-order valence-corrected chi connectivity index (χ0v) is 29.4. The molecule has 0 aliphatic carbocycles. The summed E-state index contributed by atoms with van der Waals surface area (Å²) in [6, 6.07) is 2.84. The van der Waals surface area contributed by atoms with E-state index >= 15 is 8.78 Å². The monoisotopic (exact) mass is 695 g/mol. The van der Waals surface area contributed by atoms with E-state index in [9.17, 15) is 13.2 Å². The summed E-state index contributed by atoms with van der Waals surface area (Å²) in [7, 11) is -0.536. The Morgan fingerprint density at radius 2 is 1.68 bits per heavy atom. The summed E-state index contributed by atoms with van der Waals surface area (Å²) in [6.45, 7) is 13.4. The number of amides is 1. The SMILES string of the molecule is C=C(/C=C\C(/C=C(\C)S(=O)(=O)N[C@@H](C(=O)N1C2CCC1CC(N(C)C)C2)C(F)(F)c1ccc(Br)cc1)=C(C)C)CCC(C)C. The number of carbonyl (C=O) groups is 1. The minimum atomic E-state index is -4.49. The number of nitrogens with one attached hydrogen (secondary N) is 1. The van der Waals surface area contributed by atoms with Crippen LogP contribution in [0.15, 0.2) is 75.2 Å². The van der Waals surface area contributed by atoms with Crippen LogP contribution in [0.4, 0.5) is 8.78 Å². The third-order valence-corrected chi connectivity index (χ3v) is 10.7. The highest BCUT2D eigenvalue weighted by Gasteiger charge is 2.54. The van der Waals surface area contributed by atoms with E-state index in [1.54, 1.807) is 6.08 Å². The number of allylic oxidation sites excluding steroid dienone is 7. The third kappa shape index (κ3) is 8.98. The fourth-order valence-corrected chi connectivity index (χ4v) is 7.16. The number of hydrogen-bond donors (Lipinski definition) is 1. The first-order chi connectivity index (χ1) is 20.4. The number of hydrogen-bond acceptors (Lipinski definition) is 4. The standard InChI is InChI=1S/C34H48BrF2N3O3S/c1-22(2)9-10-24(5)11-12-26(23(3)4)19-25(6)44(42,43)38-32(34(36,37)27-13-15-28(35)16-14-27)33(41)40-29-17-18-30(40)21-31(20-29)39(7)8/h11-16,19,22,29-32,38H,5,9-10,17-18,20-21H2,1-4,6-8H3/b12-11-,25-19+/t29?,30?,31?,32-/m0/s1. The maximum Gasteiger partial charge on any atom is 0.298 e. The molecule has 2 unspecified atom stereocenters. The van der Waals surface area contributed by atoms with Crippen LogP contribution in [0.5, 0.6) is 0 Å². The maximum absolute atomic E-state index is 16.3. The summed E-state index contributed by atoms with van der Waals surface area (Å²) in [4.78, 5) is 17.6. The Morgan fingerprint density at radius 3 is 2.18 bits per heavy atom. The average molecular weight is 697 g/mol. The van der Waals surface area contributed by atoms with Crippen molar-refractivity contribution in [1.29, 1.82) is 0 Å². The summed E-state index contributed by atoms with van der Waals surface area (Å²) < 4.78 is 62.8. The number of rotatable bonds is 13. The van der Waals surface area contributed by atoms with E-state index < -0.39 is 33.5 Å². The Hall–Kier alpha value is -2.14. The van der Waals surface area contributed by atoms with Gasteiger partial charge in [-0.25, -0.2) is 8.42 Å². The summed E-state index contributed by atoms with van der Waals surface area (Å²) in [5.74, 6) is -4.17. The highest BCUT2D eigenvalue weighted by atomic mass is 79.9. The average Bonchev–Trinajstić information content (AvgIpc) is 3.20. The van der Waals surface area contributed by atoms with E-state index in [0.717, 1.165) is 24.0 Å². The Morgan fingerprint density at radius 1 is 1.11 bits per heavy atom. The Kier molecular flexibility index (Phi) is 12.4. The molecule has 1 amide bonds. The van der Waals surface area contributed by atoms with Crippen LogP contribution in [0.2, 0.25) is 0 Å². The molecule has 1 aromatic carbocycles. The van der Waals surface area contributed by atoms with Gasteiger partial charge in [-0.05, 0) is 103 Å². The second-order valence-corrected chi connectivity index (χ2v) is 15.8. The second kappa shape index (κ2) is 15.0. The van der Waals surface area contributed by atoms with E-state index in [-0.39, 0.29) is 23.0 Å². The molecule has 2 saturated heterocycles. The van der Waals surface area contributed by atoms with Crippen molar-refractivity contribution in [2.75, 3.05) is 14.1 Å². The van der Waals surface area contributed by atoms with Gasteiger partial charge < -0.3 is 9.80 Å². The van der Waals surface area contributed by atoms with Crippen molar-refractivity contribution in [1.82, 2.24) is 14.5 Å². The predicted molar refractivity (Wildman–Crippen MR) is 179 cm³/mol. The number of carbonyl (C=O) groups excluding carboxylic acids is 1. The van der Waals surface area contributed by atoms with Gasteiger partial charge in [0.15, 0.2) is 6.04 Å². The van der Waals surface area contributed by atoms with Gasteiger partial charge in [0, 0.05) is 28.2 Å². The van der Waals surface area contributed by atoms with Crippen LogP contribution in [-0.4, -0.2) is 62.4 Å². The lowest BCUT2D eigenvalue weighted by atomic mass is 9.93. The number of fused-ring (bicyclic) bond motifs is 2. The highest BCUT2D eigenvalue weighted by molar-refractivity contribution is 9.10. The Bertz CT molecular complexity index is 1380. The fraction of sp³-hybridized carbons (Fsp3) is 0.559. The molecule has 0 saturated carbocycles. The molecule has 3 rings (SSSR count). The van der Waals surface area contributed by atoms with Crippen molar-refractivity contribution < 1.29 is 22.0 Å². The number of piperidine rings is 1. The smallest absolute Gasteiger partial charge is 0.298 e. The zero-order chi connectivity index (χ0) is 33.0. The van der Waals surface area contributed by atoms with Gasteiger partial charge in [0.25, 0.3) is 5.92 Å². The molecule has 2 heterocycles. The number of halogens is 3. The number of benzene rings is 1. The molecular weight excluding hydrogens is 648 g/mol. The third-order valence-electron chi connectivity index (χ3n) is 8.71. The number of alkyl halides is 2. The molecule has 2 fully saturated rings. The first-order valence-corrected chi connectivity index (χ1v) is 17.6. The molecule has 0 aromatic heterocycles. The molecule has 0 radical (unpaired) electrons. The van der Waals surface area contributed by atoms with Gasteiger partial charge >= 0.3 is 0 Å². The summed E-state index contributed by atoms with van der Waals surface area (Å²) >= 11 is 3.26. The van der Waals surface area contributed by atoms with Crippen LogP contribution in [0.1, 0.15) is 78.7 Å². The lowest BCUT2D eigenvalue weighted by Gasteiger charge is -2.43. The molecule has 10 heteroatoms. The number of nitrogens with zero attached hydrogens (tertiary/aromatic N) is 2. The Labute approximate surface area is 271 Å². The minimum Gasteiger partial charge on any atom is -0.335 e. The Balaban J connectivity index is 1.96. The van der Waals surface area contributed by atoms with Crippen molar-refractivity contribution in [2.24, 2.45) is 5.92 Å². The van der Waals surface area contributed by atoms with Gasteiger partial charge in [0.05, 0.1) is 4.91 Å². The maximum atomic E-state index is 16.3. The molecule has 2 aliphatic heterocycles. The fourth-order valence-electron chi connectivity index (χ4n) is 5.87. The van der Waals surface area contributed by atoms with Crippen molar-refractivity contribution >= 4 is 31.9 Å². The molecule has 2 bridgehead atoms. The van der Waals surface area contributed by atoms with Gasteiger partial charge in [-0.15, -0.1) is 0 Å². The predicted octanol–water partition coefficient (Wildman–Crippen LogP) is 7.70. The van der Waals surface area contributed by atoms with Crippen molar-refractivity contribution in [3.05, 3.63) is 80.7 Å². The lowest BCUT2D eigenvalue weighted by Crippen LogP contribution is -2.61. The van der Waals surface area contributed by atoms with Crippen LogP contribution in [0, 0.1) is 5.92 Å². The van der Waals surface area contributed by atoms with Crippen molar-refractivity contribution in [3.63, 3.8) is 0 Å². The molecule has 1 aromatic rings. The molecule has 6 nitrogen and oxygen atoms in total. The first kappa shape index (κ1) is 36.3. The summed E-state index contributed by atoms with van der Waals surface area (Å²) in [6.07, 6.45) is 9.65. The van der Waals surface area contributed by atoms with Crippen LogP contribution in [0.25, 0.3) is 0 Å². The molecule has 0 spiro atoms. The molecule has 3 atom stereocenters. The van der Waals surface area contributed by atoms with Gasteiger partial charge in [0.2, 0.25) is 15.9 Å². The van der Waals surface area contributed by atoms with Crippen molar-refractivity contribution in [3.8, 4) is 0 Å². The van der Waals surface area contributed by atoms with E-state index in [1.807, 2.05) is 34.0 Å². The molecular formula is C34H48BrF2N3O3S. The van der Waals surface area contributed by atoms with Gasteiger partial charge in [-0.3, -0.25) is 4.79 Å². The van der Waals surface area contributed by atoms with E-state index in [2.05, 4.69) is 46.0 Å². The minimum absolute atomic E-state index is 0.162. The topological polar surface area (TPSA) is 69.7 Å².